The van der Waals surface area contributed by atoms with Crippen LogP contribution in [0.5, 0.6) is 5.75 Å². The summed E-state index contributed by atoms with van der Waals surface area (Å²) >= 11 is 0. The predicted molar refractivity (Wildman–Crippen MR) is 90.0 cm³/mol. The molecule has 0 aliphatic rings. The Kier molecular flexibility index (Phi) is 5.74. The Balaban J connectivity index is 2.29. The van der Waals surface area contributed by atoms with Crippen molar-refractivity contribution in [3.63, 3.8) is 0 Å². The molecule has 6 nitrogen and oxygen atoms in total. The van der Waals surface area contributed by atoms with Gasteiger partial charge in [0.15, 0.2) is 0 Å². The molecule has 0 radical (unpaired) electrons. The number of aromatic nitrogens is 1. The molecule has 0 spiro atoms. The highest BCUT2D eigenvalue weighted by atomic mass is 16.5. The molecule has 0 fully saturated rings. The second-order valence-electron chi connectivity index (χ2n) is 5.05. The Morgan fingerprint density at radius 2 is 2.17 bits per heavy atom. The van der Waals surface area contributed by atoms with Gasteiger partial charge in [-0.15, -0.1) is 0 Å². The van der Waals surface area contributed by atoms with Crippen LogP contribution in [0.1, 0.15) is 34.1 Å². The molecular formula is C18H19N3O3. The molecule has 6 heteroatoms. The van der Waals surface area contributed by atoms with Gasteiger partial charge in [0.1, 0.15) is 23.2 Å². The fourth-order valence-corrected chi connectivity index (χ4v) is 2.19. The minimum absolute atomic E-state index is 0.252. The second-order valence-corrected chi connectivity index (χ2v) is 5.05. The first kappa shape index (κ1) is 17.3. The van der Waals surface area contributed by atoms with Crippen LogP contribution in [0.2, 0.25) is 0 Å². The van der Waals surface area contributed by atoms with Crippen molar-refractivity contribution in [2.24, 2.45) is 0 Å². The van der Waals surface area contributed by atoms with E-state index in [2.05, 4.69) is 10.3 Å². The third kappa shape index (κ3) is 4.02. The average molecular weight is 325 g/mol. The molecule has 1 N–H and O–H groups in total. The van der Waals surface area contributed by atoms with Gasteiger partial charge in [0.2, 0.25) is 0 Å². The molecule has 124 valence electrons. The van der Waals surface area contributed by atoms with Crippen LogP contribution in [0.15, 0.2) is 30.3 Å². The lowest BCUT2D eigenvalue weighted by Crippen LogP contribution is -2.13. The van der Waals surface area contributed by atoms with E-state index in [0.29, 0.717) is 23.6 Å². The van der Waals surface area contributed by atoms with Crippen molar-refractivity contribution in [3.05, 3.63) is 52.7 Å². The zero-order valence-corrected chi connectivity index (χ0v) is 13.9. The van der Waals surface area contributed by atoms with Gasteiger partial charge in [-0.1, -0.05) is 12.1 Å². The van der Waals surface area contributed by atoms with E-state index in [1.165, 1.54) is 6.07 Å². The number of ether oxygens (including phenoxy) is 2. The Morgan fingerprint density at radius 3 is 2.83 bits per heavy atom. The quantitative estimate of drug-likeness (QED) is 0.822. The smallest absolute Gasteiger partial charge is 0.341 e. The van der Waals surface area contributed by atoms with Gasteiger partial charge in [-0.3, -0.25) is 0 Å². The van der Waals surface area contributed by atoms with Crippen LogP contribution < -0.4 is 10.1 Å². The highest BCUT2D eigenvalue weighted by molar-refractivity contribution is 5.95. The maximum Gasteiger partial charge on any atom is 0.341 e. The van der Waals surface area contributed by atoms with Gasteiger partial charge in [0.05, 0.1) is 25.0 Å². The van der Waals surface area contributed by atoms with Gasteiger partial charge >= 0.3 is 5.97 Å². The first-order chi connectivity index (χ1) is 11.6. The number of methoxy groups -OCH3 is 1. The summed E-state index contributed by atoms with van der Waals surface area (Å²) in [6.45, 7) is 4.17. The van der Waals surface area contributed by atoms with Crippen molar-refractivity contribution in [3.8, 4) is 11.8 Å². The summed E-state index contributed by atoms with van der Waals surface area (Å²) in [6, 6.07) is 11.1. The van der Waals surface area contributed by atoms with E-state index in [-0.39, 0.29) is 12.2 Å². The second kappa shape index (κ2) is 7.97. The maximum absolute atomic E-state index is 12.1. The number of rotatable bonds is 6. The summed E-state index contributed by atoms with van der Waals surface area (Å²) in [7, 11) is 1.61. The number of esters is 1. The average Bonchev–Trinajstić information content (AvgIpc) is 2.60. The van der Waals surface area contributed by atoms with Crippen molar-refractivity contribution < 1.29 is 14.3 Å². The normalized spacial score (nSPS) is 9.92. The molecule has 0 amide bonds. The van der Waals surface area contributed by atoms with E-state index in [0.717, 1.165) is 11.3 Å². The number of carbonyl (C=O) groups excluding carboxylic acids is 1. The van der Waals surface area contributed by atoms with Crippen LogP contribution in [0.3, 0.4) is 0 Å². The van der Waals surface area contributed by atoms with Crippen LogP contribution in [0.4, 0.5) is 5.82 Å². The number of nitrogens with zero attached hydrogens (tertiary/aromatic N) is 2. The molecule has 1 heterocycles. The van der Waals surface area contributed by atoms with E-state index in [1.807, 2.05) is 30.3 Å². The summed E-state index contributed by atoms with van der Waals surface area (Å²) in [4.78, 5) is 16.5. The SMILES string of the molecule is CCOC(=O)c1cc(C#N)c(C)nc1NCc1cccc(OC)c1. The molecule has 0 aliphatic carbocycles. The minimum Gasteiger partial charge on any atom is -0.497 e. The largest absolute Gasteiger partial charge is 0.497 e. The number of aryl methyl sites for hydroxylation is 1. The third-order valence-electron chi connectivity index (χ3n) is 3.42. The van der Waals surface area contributed by atoms with Gasteiger partial charge in [0.25, 0.3) is 0 Å². The summed E-state index contributed by atoms with van der Waals surface area (Å²) in [5, 5.41) is 12.3. The molecule has 0 unspecified atom stereocenters. The number of hydrogen-bond donors (Lipinski definition) is 1. The number of nitrogens with one attached hydrogen (secondary N) is 1. The summed E-state index contributed by atoms with van der Waals surface area (Å²) in [5.41, 5.74) is 2.14. The van der Waals surface area contributed by atoms with Gasteiger partial charge in [0, 0.05) is 6.54 Å². The Hall–Kier alpha value is -3.07. The van der Waals surface area contributed by atoms with Crippen molar-refractivity contribution >= 4 is 11.8 Å². The van der Waals surface area contributed by atoms with Crippen molar-refractivity contribution in [1.82, 2.24) is 4.98 Å². The molecule has 2 aromatic rings. The number of carbonyl (C=O) groups is 1. The predicted octanol–water partition coefficient (Wildman–Crippen LogP) is 3.06. The Labute approximate surface area is 141 Å². The fourth-order valence-electron chi connectivity index (χ4n) is 2.19. The van der Waals surface area contributed by atoms with Crippen LogP contribution >= 0.6 is 0 Å². The molecule has 24 heavy (non-hydrogen) atoms. The molecule has 0 atom stereocenters. The molecule has 0 aliphatic heterocycles. The number of benzene rings is 1. The van der Waals surface area contributed by atoms with E-state index >= 15 is 0 Å². The highest BCUT2D eigenvalue weighted by Crippen LogP contribution is 2.20. The fraction of sp³-hybridized carbons (Fsp3) is 0.278. The molecular weight excluding hydrogens is 306 g/mol. The molecule has 0 bridgehead atoms. The Morgan fingerprint density at radius 1 is 1.38 bits per heavy atom. The third-order valence-corrected chi connectivity index (χ3v) is 3.42. The zero-order chi connectivity index (χ0) is 17.5. The molecule has 1 aromatic carbocycles. The van der Waals surface area contributed by atoms with Crippen molar-refractivity contribution in [2.75, 3.05) is 19.0 Å². The lowest BCUT2D eigenvalue weighted by atomic mass is 10.1. The number of hydrogen-bond acceptors (Lipinski definition) is 6. The highest BCUT2D eigenvalue weighted by Gasteiger charge is 2.17. The monoisotopic (exact) mass is 325 g/mol. The lowest BCUT2D eigenvalue weighted by molar-refractivity contribution is 0.0527. The van der Waals surface area contributed by atoms with Gasteiger partial charge in [-0.2, -0.15) is 5.26 Å². The molecule has 1 aromatic heterocycles. The summed E-state index contributed by atoms with van der Waals surface area (Å²) in [6.07, 6.45) is 0. The van der Waals surface area contributed by atoms with Gasteiger partial charge < -0.3 is 14.8 Å². The van der Waals surface area contributed by atoms with Crippen molar-refractivity contribution in [1.29, 1.82) is 5.26 Å². The van der Waals surface area contributed by atoms with E-state index < -0.39 is 5.97 Å². The standard InChI is InChI=1S/C18H19N3O3/c1-4-24-18(22)16-9-14(10-19)12(2)21-17(16)20-11-13-6-5-7-15(8-13)23-3/h5-9H,4,11H2,1-3H3,(H,20,21). The van der Waals surface area contributed by atoms with Gasteiger partial charge in [-0.05, 0) is 37.6 Å². The first-order valence-electron chi connectivity index (χ1n) is 7.54. The van der Waals surface area contributed by atoms with Crippen molar-refractivity contribution in [2.45, 2.75) is 20.4 Å². The zero-order valence-electron chi connectivity index (χ0n) is 13.9. The first-order valence-corrected chi connectivity index (χ1v) is 7.54. The number of nitriles is 1. The van der Waals surface area contributed by atoms with E-state index in [4.69, 9.17) is 14.7 Å². The topological polar surface area (TPSA) is 84.2 Å². The van der Waals surface area contributed by atoms with E-state index in [9.17, 15) is 4.79 Å². The maximum atomic E-state index is 12.1. The van der Waals surface area contributed by atoms with Crippen LogP contribution in [-0.4, -0.2) is 24.7 Å². The summed E-state index contributed by atoms with van der Waals surface area (Å²) in [5.74, 6) is 0.645. The molecule has 0 saturated heterocycles. The van der Waals surface area contributed by atoms with Crippen LogP contribution in [0, 0.1) is 18.3 Å². The minimum atomic E-state index is -0.505. The number of pyridine rings is 1. The Bertz CT molecular complexity index is 782. The molecule has 0 saturated carbocycles. The lowest BCUT2D eigenvalue weighted by Gasteiger charge is -2.13. The van der Waals surface area contributed by atoms with Gasteiger partial charge in [-0.25, -0.2) is 9.78 Å². The van der Waals surface area contributed by atoms with Crippen LogP contribution in [-0.2, 0) is 11.3 Å². The molecule has 2 rings (SSSR count). The van der Waals surface area contributed by atoms with Crippen LogP contribution in [0.25, 0.3) is 0 Å². The number of anilines is 1. The van der Waals surface area contributed by atoms with E-state index in [1.54, 1.807) is 21.0 Å². The summed E-state index contributed by atoms with van der Waals surface area (Å²) < 4.78 is 10.2.